The zero-order valence-electron chi connectivity index (χ0n) is 11.0. The first-order valence-corrected chi connectivity index (χ1v) is 6.48. The van der Waals surface area contributed by atoms with Gasteiger partial charge in [0, 0.05) is 17.9 Å². The van der Waals surface area contributed by atoms with Gasteiger partial charge in [-0.2, -0.15) is 0 Å². The van der Waals surface area contributed by atoms with Gasteiger partial charge in [-0.25, -0.2) is 0 Å². The van der Waals surface area contributed by atoms with Crippen molar-refractivity contribution in [2.75, 3.05) is 17.2 Å². The van der Waals surface area contributed by atoms with Crippen LogP contribution in [0.25, 0.3) is 0 Å². The van der Waals surface area contributed by atoms with Gasteiger partial charge in [0.15, 0.2) is 5.76 Å². The van der Waals surface area contributed by atoms with Crippen molar-refractivity contribution in [3.8, 4) is 0 Å². The normalized spacial score (nSPS) is 10.2. The Morgan fingerprint density at radius 1 is 1.16 bits per heavy atom. The molecular formula is C15H18N2O2. The molecule has 100 valence electrons. The fraction of sp³-hybridized carbons (Fsp3) is 0.267. The van der Waals surface area contributed by atoms with Gasteiger partial charge in [-0.3, -0.25) is 4.79 Å². The van der Waals surface area contributed by atoms with Crippen molar-refractivity contribution < 1.29 is 9.21 Å². The molecule has 0 saturated heterocycles. The number of unbranched alkanes of at least 4 members (excludes halogenated alkanes) is 1. The van der Waals surface area contributed by atoms with Crippen molar-refractivity contribution in [2.45, 2.75) is 19.8 Å². The van der Waals surface area contributed by atoms with Crippen molar-refractivity contribution in [1.29, 1.82) is 0 Å². The van der Waals surface area contributed by atoms with Gasteiger partial charge in [0.2, 0.25) is 0 Å². The second kappa shape index (κ2) is 6.64. The van der Waals surface area contributed by atoms with Crippen molar-refractivity contribution in [3.63, 3.8) is 0 Å². The number of rotatable bonds is 6. The minimum absolute atomic E-state index is 0.239. The highest BCUT2D eigenvalue weighted by molar-refractivity contribution is 6.02. The number of nitrogens with one attached hydrogen (secondary N) is 2. The standard InChI is InChI=1S/C15H18N2O2/c1-2-3-10-16-12-6-8-13(9-7-12)17-15(18)14-5-4-11-19-14/h4-9,11,16H,2-3,10H2,1H3,(H,17,18). The Bertz CT molecular complexity index is 503. The average Bonchev–Trinajstić information content (AvgIpc) is 2.95. The van der Waals surface area contributed by atoms with Gasteiger partial charge in [0.1, 0.15) is 0 Å². The van der Waals surface area contributed by atoms with E-state index in [1.54, 1.807) is 12.1 Å². The van der Waals surface area contributed by atoms with Crippen LogP contribution in [0.2, 0.25) is 0 Å². The second-order valence-corrected chi connectivity index (χ2v) is 4.29. The monoisotopic (exact) mass is 258 g/mol. The summed E-state index contributed by atoms with van der Waals surface area (Å²) in [6.45, 7) is 3.13. The van der Waals surface area contributed by atoms with E-state index in [-0.39, 0.29) is 5.91 Å². The van der Waals surface area contributed by atoms with E-state index in [9.17, 15) is 4.79 Å². The molecule has 0 fully saturated rings. The fourth-order valence-corrected chi connectivity index (χ4v) is 1.68. The Morgan fingerprint density at radius 2 is 1.89 bits per heavy atom. The van der Waals surface area contributed by atoms with Crippen LogP contribution in [0.5, 0.6) is 0 Å². The summed E-state index contributed by atoms with van der Waals surface area (Å²) in [6, 6.07) is 11.0. The molecule has 4 nitrogen and oxygen atoms in total. The maximum Gasteiger partial charge on any atom is 0.291 e. The molecule has 2 aromatic rings. The summed E-state index contributed by atoms with van der Waals surface area (Å²) in [5.74, 6) is 0.0711. The van der Waals surface area contributed by atoms with Crippen LogP contribution in [0.3, 0.4) is 0 Å². The molecule has 0 bridgehead atoms. The maximum atomic E-state index is 11.8. The first-order chi connectivity index (χ1) is 9.29. The van der Waals surface area contributed by atoms with Gasteiger partial charge < -0.3 is 15.1 Å². The zero-order chi connectivity index (χ0) is 13.5. The second-order valence-electron chi connectivity index (χ2n) is 4.29. The molecule has 2 N–H and O–H groups in total. The van der Waals surface area contributed by atoms with Gasteiger partial charge in [-0.15, -0.1) is 0 Å². The Balaban J connectivity index is 1.90. The van der Waals surface area contributed by atoms with E-state index in [2.05, 4.69) is 17.6 Å². The number of hydrogen-bond donors (Lipinski definition) is 2. The number of carbonyl (C=O) groups is 1. The summed E-state index contributed by atoms with van der Waals surface area (Å²) in [4.78, 5) is 11.8. The summed E-state index contributed by atoms with van der Waals surface area (Å²) in [7, 11) is 0. The van der Waals surface area contributed by atoms with Crippen LogP contribution in [0.4, 0.5) is 11.4 Å². The van der Waals surface area contributed by atoms with E-state index < -0.39 is 0 Å². The summed E-state index contributed by atoms with van der Waals surface area (Å²) >= 11 is 0. The summed E-state index contributed by atoms with van der Waals surface area (Å²) < 4.78 is 5.03. The Hall–Kier alpha value is -2.23. The minimum Gasteiger partial charge on any atom is -0.459 e. The van der Waals surface area contributed by atoms with Crippen molar-refractivity contribution in [1.82, 2.24) is 0 Å². The average molecular weight is 258 g/mol. The Morgan fingerprint density at radius 3 is 2.53 bits per heavy atom. The maximum absolute atomic E-state index is 11.8. The van der Waals surface area contributed by atoms with Crippen LogP contribution in [-0.2, 0) is 0 Å². The molecule has 4 heteroatoms. The molecule has 1 aromatic carbocycles. The summed E-state index contributed by atoms with van der Waals surface area (Å²) in [5.41, 5.74) is 1.81. The molecule has 0 aliphatic heterocycles. The van der Waals surface area contributed by atoms with Crippen LogP contribution < -0.4 is 10.6 Å². The SMILES string of the molecule is CCCCNc1ccc(NC(=O)c2ccco2)cc1. The third-order valence-electron chi connectivity index (χ3n) is 2.75. The molecule has 0 spiro atoms. The van der Waals surface area contributed by atoms with Crippen LogP contribution in [-0.4, -0.2) is 12.5 Å². The van der Waals surface area contributed by atoms with E-state index in [0.29, 0.717) is 5.76 Å². The molecule has 0 unspecified atom stereocenters. The Kier molecular flexibility index (Phi) is 4.61. The first kappa shape index (κ1) is 13.2. The third-order valence-corrected chi connectivity index (χ3v) is 2.75. The quantitative estimate of drug-likeness (QED) is 0.776. The molecule has 2 rings (SSSR count). The largest absolute Gasteiger partial charge is 0.459 e. The van der Waals surface area contributed by atoms with Crippen LogP contribution in [0.15, 0.2) is 47.1 Å². The molecule has 0 aliphatic carbocycles. The molecule has 0 radical (unpaired) electrons. The number of anilines is 2. The lowest BCUT2D eigenvalue weighted by Crippen LogP contribution is -2.10. The van der Waals surface area contributed by atoms with Crippen molar-refractivity contribution in [2.24, 2.45) is 0 Å². The topological polar surface area (TPSA) is 54.3 Å². The highest BCUT2D eigenvalue weighted by Gasteiger charge is 2.08. The van der Waals surface area contributed by atoms with Crippen molar-refractivity contribution >= 4 is 17.3 Å². The molecule has 0 saturated carbocycles. The number of benzene rings is 1. The Labute approximate surface area is 112 Å². The van der Waals surface area contributed by atoms with E-state index in [1.165, 1.54) is 12.7 Å². The van der Waals surface area contributed by atoms with E-state index in [0.717, 1.165) is 24.3 Å². The van der Waals surface area contributed by atoms with Crippen molar-refractivity contribution in [3.05, 3.63) is 48.4 Å². The summed E-state index contributed by atoms with van der Waals surface area (Å²) in [5, 5.41) is 6.10. The highest BCUT2D eigenvalue weighted by Crippen LogP contribution is 2.14. The van der Waals surface area contributed by atoms with Crippen LogP contribution >= 0.6 is 0 Å². The van der Waals surface area contributed by atoms with E-state index >= 15 is 0 Å². The number of carbonyl (C=O) groups excluding carboxylic acids is 1. The lowest BCUT2D eigenvalue weighted by molar-refractivity contribution is 0.0996. The summed E-state index contributed by atoms with van der Waals surface area (Å²) in [6.07, 6.45) is 3.80. The number of amides is 1. The molecule has 0 aliphatic rings. The van der Waals surface area contributed by atoms with Gasteiger partial charge >= 0.3 is 0 Å². The smallest absolute Gasteiger partial charge is 0.291 e. The zero-order valence-corrected chi connectivity index (χ0v) is 11.0. The lowest BCUT2D eigenvalue weighted by Gasteiger charge is -2.07. The van der Waals surface area contributed by atoms with Crippen LogP contribution in [0.1, 0.15) is 30.3 Å². The minimum atomic E-state index is -0.239. The lowest BCUT2D eigenvalue weighted by atomic mass is 10.2. The third kappa shape index (κ3) is 3.88. The number of hydrogen-bond acceptors (Lipinski definition) is 3. The molecule has 1 aromatic heterocycles. The molecular weight excluding hydrogens is 240 g/mol. The molecule has 0 atom stereocenters. The number of furan rings is 1. The van der Waals surface area contributed by atoms with Gasteiger partial charge in [-0.05, 0) is 42.8 Å². The molecule has 19 heavy (non-hydrogen) atoms. The molecule has 1 heterocycles. The first-order valence-electron chi connectivity index (χ1n) is 6.48. The van der Waals surface area contributed by atoms with E-state index in [4.69, 9.17) is 4.42 Å². The van der Waals surface area contributed by atoms with Crippen LogP contribution in [0, 0.1) is 0 Å². The van der Waals surface area contributed by atoms with Gasteiger partial charge in [0.05, 0.1) is 6.26 Å². The van der Waals surface area contributed by atoms with E-state index in [1.807, 2.05) is 24.3 Å². The fourth-order valence-electron chi connectivity index (χ4n) is 1.68. The predicted octanol–water partition coefficient (Wildman–Crippen LogP) is 3.74. The predicted molar refractivity (Wildman–Crippen MR) is 76.5 cm³/mol. The van der Waals surface area contributed by atoms with Gasteiger partial charge in [0.25, 0.3) is 5.91 Å². The van der Waals surface area contributed by atoms with Gasteiger partial charge in [-0.1, -0.05) is 13.3 Å². The molecule has 1 amide bonds. The highest BCUT2D eigenvalue weighted by atomic mass is 16.3.